The third kappa shape index (κ3) is 8.82. The molecule has 50 heavy (non-hydrogen) atoms. The zero-order valence-corrected chi connectivity index (χ0v) is 30.1. The van der Waals surface area contributed by atoms with Gasteiger partial charge in [-0.2, -0.15) is 5.10 Å². The van der Waals surface area contributed by atoms with Crippen LogP contribution in [0.3, 0.4) is 0 Å². The van der Waals surface area contributed by atoms with Gasteiger partial charge in [0.2, 0.25) is 5.91 Å². The van der Waals surface area contributed by atoms with E-state index in [1.807, 2.05) is 49.8 Å². The predicted octanol–water partition coefficient (Wildman–Crippen LogP) is 8.52. The smallest absolute Gasteiger partial charge is 0.407 e. The summed E-state index contributed by atoms with van der Waals surface area (Å²) in [6.07, 6.45) is 7.37. The number of carbonyl (C=O) groups is 2. The van der Waals surface area contributed by atoms with E-state index >= 15 is 0 Å². The number of hydrogen-bond acceptors (Lipinski definition) is 5. The Morgan fingerprint density at radius 3 is 2.36 bits per heavy atom. The molecule has 4 aromatic rings. The molecule has 1 aliphatic heterocycles. The van der Waals surface area contributed by atoms with E-state index in [1.165, 1.54) is 27.0 Å². The second-order valence-corrected chi connectivity index (χ2v) is 14.1. The number of aromatic nitrogens is 2. The van der Waals surface area contributed by atoms with E-state index in [2.05, 4.69) is 61.5 Å². The largest absolute Gasteiger partial charge is 0.488 e. The maximum Gasteiger partial charge on any atom is 0.407 e. The van der Waals surface area contributed by atoms with Gasteiger partial charge in [-0.05, 0) is 77.8 Å². The molecule has 2 heterocycles. The lowest BCUT2D eigenvalue weighted by molar-refractivity contribution is -0.123. The average Bonchev–Trinajstić information content (AvgIpc) is 3.53. The van der Waals surface area contributed by atoms with Crippen molar-refractivity contribution in [3.63, 3.8) is 0 Å². The third-order valence-corrected chi connectivity index (χ3v) is 9.16. The van der Waals surface area contributed by atoms with Gasteiger partial charge in [-0.1, -0.05) is 82.3 Å². The molecular formula is C41H50N4O5. The molecule has 9 nitrogen and oxygen atoms in total. The van der Waals surface area contributed by atoms with Crippen LogP contribution in [0.2, 0.25) is 0 Å². The quantitative estimate of drug-likeness (QED) is 0.119. The molecule has 1 aromatic heterocycles. The Balaban J connectivity index is 1.46. The van der Waals surface area contributed by atoms with Crippen LogP contribution >= 0.6 is 0 Å². The van der Waals surface area contributed by atoms with E-state index in [4.69, 9.17) is 14.6 Å². The van der Waals surface area contributed by atoms with E-state index in [0.29, 0.717) is 5.75 Å². The number of nitrogens with zero attached hydrogens (tertiary/aromatic N) is 4. The summed E-state index contributed by atoms with van der Waals surface area (Å²) in [4.78, 5) is 26.9. The van der Waals surface area contributed by atoms with E-state index in [9.17, 15) is 14.7 Å². The fraction of sp³-hybridized carbons (Fsp3) is 0.390. The van der Waals surface area contributed by atoms with Crippen LogP contribution in [0.25, 0.3) is 22.0 Å². The van der Waals surface area contributed by atoms with Crippen molar-refractivity contribution in [3.05, 3.63) is 108 Å². The monoisotopic (exact) mass is 678 g/mol. The Bertz CT molecular complexity index is 1810. The van der Waals surface area contributed by atoms with Gasteiger partial charge in [0.05, 0.1) is 18.3 Å². The third-order valence-electron chi connectivity index (χ3n) is 9.16. The standard InChI is InChI=1S/C41H50N4O5/c1-7-34(29-14-9-8-10-15-29)39(31-20-23-35-32(26-31)27-42-45(35)38-17-11-12-25-49-38)30-18-21-33(22-19-30)50-36(41(2,3)4)28-44(40(47)48)24-13-16-37(46)43(5)6/h8-10,13-16,18-23,26-27,36,38H,7,11-12,17,24-25,28H2,1-6H3,(H,47,48). The van der Waals surface area contributed by atoms with Crippen LogP contribution < -0.4 is 4.74 Å². The zero-order valence-electron chi connectivity index (χ0n) is 30.1. The lowest BCUT2D eigenvalue weighted by atomic mass is 9.87. The highest BCUT2D eigenvalue weighted by atomic mass is 16.5. The summed E-state index contributed by atoms with van der Waals surface area (Å²) >= 11 is 0. The van der Waals surface area contributed by atoms with Crippen molar-refractivity contribution in [1.82, 2.24) is 19.6 Å². The summed E-state index contributed by atoms with van der Waals surface area (Å²) < 4.78 is 14.6. The second-order valence-electron chi connectivity index (χ2n) is 14.1. The predicted molar refractivity (Wildman–Crippen MR) is 199 cm³/mol. The van der Waals surface area contributed by atoms with Gasteiger partial charge in [-0.3, -0.25) is 4.79 Å². The van der Waals surface area contributed by atoms with Crippen LogP contribution in [0.4, 0.5) is 4.79 Å². The van der Waals surface area contributed by atoms with Crippen LogP contribution in [0.5, 0.6) is 5.75 Å². The van der Waals surface area contributed by atoms with Crippen LogP contribution in [0.1, 0.15) is 76.3 Å². The highest BCUT2D eigenvalue weighted by Gasteiger charge is 2.30. The lowest BCUT2D eigenvalue weighted by Crippen LogP contribution is -2.45. The van der Waals surface area contributed by atoms with Gasteiger partial charge in [0.1, 0.15) is 11.9 Å². The minimum Gasteiger partial charge on any atom is -0.488 e. The van der Waals surface area contributed by atoms with Gasteiger partial charge < -0.3 is 24.4 Å². The van der Waals surface area contributed by atoms with Gasteiger partial charge in [-0.25, -0.2) is 9.48 Å². The first kappa shape index (κ1) is 36.4. The topological polar surface area (TPSA) is 97.1 Å². The SMILES string of the molecule is CCC(=C(c1ccc(OC(CN(CC=CC(=O)N(C)C)C(=O)O)C(C)(C)C)cc1)c1ccc2c(cnn2C2CCCCO2)c1)c1ccccc1. The molecule has 5 rings (SSSR count). The fourth-order valence-corrected chi connectivity index (χ4v) is 6.25. The van der Waals surface area contributed by atoms with E-state index < -0.39 is 12.2 Å². The number of carboxylic acid groups (broad SMARTS) is 1. The van der Waals surface area contributed by atoms with Crippen molar-refractivity contribution in [2.24, 2.45) is 5.41 Å². The summed E-state index contributed by atoms with van der Waals surface area (Å²) in [5, 5.41) is 15.8. The van der Waals surface area contributed by atoms with E-state index in [-0.39, 0.29) is 30.6 Å². The molecule has 0 spiro atoms. The number of carbonyl (C=O) groups excluding carboxylic acids is 1. The average molecular weight is 679 g/mol. The maximum atomic E-state index is 12.2. The summed E-state index contributed by atoms with van der Waals surface area (Å²) in [7, 11) is 3.31. The molecule has 1 fully saturated rings. The summed E-state index contributed by atoms with van der Waals surface area (Å²) in [5.74, 6) is 0.452. The number of fused-ring (bicyclic) bond motifs is 1. The molecule has 2 unspecified atom stereocenters. The first-order valence-electron chi connectivity index (χ1n) is 17.5. The number of amides is 2. The Hall–Kier alpha value is -4.89. The number of ether oxygens (including phenoxy) is 2. The van der Waals surface area contributed by atoms with Crippen molar-refractivity contribution < 1.29 is 24.2 Å². The van der Waals surface area contributed by atoms with Gasteiger partial charge >= 0.3 is 6.09 Å². The summed E-state index contributed by atoms with van der Waals surface area (Å²) in [5.41, 5.74) is 6.37. The molecule has 0 radical (unpaired) electrons. The fourth-order valence-electron chi connectivity index (χ4n) is 6.25. The van der Waals surface area contributed by atoms with Crippen LogP contribution in [0.15, 0.2) is 91.1 Å². The molecule has 9 heteroatoms. The normalized spacial score (nSPS) is 16.2. The van der Waals surface area contributed by atoms with Crippen molar-refractivity contribution in [2.75, 3.05) is 33.8 Å². The number of likely N-dealkylation sites (N-methyl/N-ethyl adjacent to an activating group) is 1. The molecule has 2 amide bonds. The van der Waals surface area contributed by atoms with E-state index in [1.54, 1.807) is 20.2 Å². The van der Waals surface area contributed by atoms with Gasteiger partial charge in [0, 0.05) is 44.1 Å². The number of hydrogen-bond donors (Lipinski definition) is 1. The van der Waals surface area contributed by atoms with Gasteiger partial charge in [0.15, 0.2) is 6.23 Å². The molecule has 0 aliphatic carbocycles. The van der Waals surface area contributed by atoms with Crippen molar-refractivity contribution >= 4 is 34.0 Å². The molecule has 1 aliphatic rings. The molecule has 3 aromatic carbocycles. The maximum absolute atomic E-state index is 12.2. The minimum atomic E-state index is -1.07. The Morgan fingerprint density at radius 2 is 1.74 bits per heavy atom. The molecule has 264 valence electrons. The molecular weight excluding hydrogens is 628 g/mol. The van der Waals surface area contributed by atoms with Crippen LogP contribution in [0, 0.1) is 5.41 Å². The first-order valence-corrected chi connectivity index (χ1v) is 17.5. The summed E-state index contributed by atoms with van der Waals surface area (Å²) in [6, 6.07) is 25.1. The van der Waals surface area contributed by atoms with Crippen LogP contribution in [-0.2, 0) is 9.53 Å². The molecule has 0 saturated carbocycles. The highest BCUT2D eigenvalue weighted by Crippen LogP contribution is 2.37. The highest BCUT2D eigenvalue weighted by molar-refractivity contribution is 6.00. The number of benzene rings is 3. The number of allylic oxidation sites excluding steroid dienone is 1. The molecule has 1 saturated heterocycles. The van der Waals surface area contributed by atoms with Crippen LogP contribution in [-0.4, -0.2) is 76.6 Å². The van der Waals surface area contributed by atoms with E-state index in [0.717, 1.165) is 59.9 Å². The van der Waals surface area contributed by atoms with Crippen molar-refractivity contribution in [1.29, 1.82) is 0 Å². The first-order chi connectivity index (χ1) is 24.0. The summed E-state index contributed by atoms with van der Waals surface area (Å²) in [6.45, 7) is 9.26. The number of rotatable bonds is 12. The zero-order chi connectivity index (χ0) is 35.8. The van der Waals surface area contributed by atoms with Crippen molar-refractivity contribution in [3.8, 4) is 5.75 Å². The minimum absolute atomic E-state index is 0.0339. The Morgan fingerprint density at radius 1 is 1.02 bits per heavy atom. The van der Waals surface area contributed by atoms with Gasteiger partial charge in [0.25, 0.3) is 0 Å². The van der Waals surface area contributed by atoms with Crippen molar-refractivity contribution in [2.45, 2.75) is 65.7 Å². The second kappa shape index (κ2) is 16.2. The molecule has 0 bridgehead atoms. The molecule has 1 N–H and O–H groups in total. The Kier molecular flexibility index (Phi) is 11.8. The molecule has 2 atom stereocenters. The lowest BCUT2D eigenvalue weighted by Gasteiger charge is -2.34. The Labute approximate surface area is 295 Å². The van der Waals surface area contributed by atoms with Gasteiger partial charge in [-0.15, -0.1) is 0 Å².